The van der Waals surface area contributed by atoms with Gasteiger partial charge in [-0.1, -0.05) is 26.0 Å². The van der Waals surface area contributed by atoms with Crippen LogP contribution in [0.25, 0.3) is 0 Å². The molecule has 0 heterocycles. The number of amides is 3. The summed E-state index contributed by atoms with van der Waals surface area (Å²) >= 11 is 0. The number of anilines is 2. The molecule has 3 amide bonds. The lowest BCUT2D eigenvalue weighted by molar-refractivity contribution is -0.114. The van der Waals surface area contributed by atoms with Crippen molar-refractivity contribution in [2.24, 2.45) is 0 Å². The highest BCUT2D eigenvalue weighted by atomic mass is 16.2. The maximum absolute atomic E-state index is 12.8. The highest BCUT2D eigenvalue weighted by molar-refractivity contribution is 5.98. The van der Waals surface area contributed by atoms with Crippen LogP contribution >= 0.6 is 0 Å². The van der Waals surface area contributed by atoms with E-state index in [1.54, 1.807) is 48.5 Å². The van der Waals surface area contributed by atoms with E-state index in [2.05, 4.69) is 16.0 Å². The molecule has 0 saturated heterocycles. The van der Waals surface area contributed by atoms with Crippen LogP contribution < -0.4 is 16.0 Å². The van der Waals surface area contributed by atoms with Crippen LogP contribution in [0.2, 0.25) is 0 Å². The van der Waals surface area contributed by atoms with Crippen molar-refractivity contribution >= 4 is 29.1 Å². The first-order chi connectivity index (χ1) is 15.6. The average molecular weight is 453 g/mol. The van der Waals surface area contributed by atoms with Crippen molar-refractivity contribution in [1.82, 2.24) is 10.2 Å². The summed E-state index contributed by atoms with van der Waals surface area (Å²) in [6, 6.07) is 14.0. The summed E-state index contributed by atoms with van der Waals surface area (Å²) in [6.45, 7) is 11.3. The number of rotatable bonds is 10. The van der Waals surface area contributed by atoms with Crippen LogP contribution in [0.1, 0.15) is 68.2 Å². The van der Waals surface area contributed by atoms with Gasteiger partial charge in [0.15, 0.2) is 0 Å². The third-order valence-electron chi connectivity index (χ3n) is 4.73. The van der Waals surface area contributed by atoms with Gasteiger partial charge in [0.2, 0.25) is 5.91 Å². The Bertz CT molecular complexity index is 960. The largest absolute Gasteiger partial charge is 0.376 e. The summed E-state index contributed by atoms with van der Waals surface area (Å²) in [5, 5.41) is 8.79. The molecule has 178 valence electrons. The Morgan fingerprint density at radius 1 is 0.848 bits per heavy atom. The zero-order chi connectivity index (χ0) is 24.4. The van der Waals surface area contributed by atoms with E-state index >= 15 is 0 Å². The second kappa shape index (κ2) is 12.0. The van der Waals surface area contributed by atoms with Crippen molar-refractivity contribution in [3.05, 3.63) is 59.7 Å². The van der Waals surface area contributed by atoms with E-state index in [9.17, 15) is 14.4 Å². The van der Waals surface area contributed by atoms with Gasteiger partial charge in [0, 0.05) is 41.1 Å². The molecule has 0 aromatic heterocycles. The van der Waals surface area contributed by atoms with E-state index < -0.39 is 0 Å². The molecule has 0 radical (unpaired) electrons. The second-order valence-corrected chi connectivity index (χ2v) is 9.06. The van der Waals surface area contributed by atoms with Gasteiger partial charge in [-0.25, -0.2) is 0 Å². The standard InChI is InChI=1S/C26H36N4O3/c1-6-14-30(15-7-2)25(33)20-11-9-13-22(17-20)28-23(31)18-27-21-12-8-10-19(16-21)24(32)29-26(3,4)5/h8-13,16-17,27H,6-7,14-15,18H2,1-5H3,(H,28,31)(H,29,32). The molecule has 2 aromatic rings. The van der Waals surface area contributed by atoms with E-state index in [1.165, 1.54) is 0 Å². The molecule has 7 heteroatoms. The minimum absolute atomic E-state index is 0.0281. The lowest BCUT2D eigenvalue weighted by Gasteiger charge is -2.21. The molecule has 0 aliphatic heterocycles. The molecule has 0 aliphatic rings. The predicted octanol–water partition coefficient (Wildman–Crippen LogP) is 4.53. The highest BCUT2D eigenvalue weighted by Gasteiger charge is 2.16. The van der Waals surface area contributed by atoms with Crippen LogP contribution in [0.4, 0.5) is 11.4 Å². The van der Waals surface area contributed by atoms with Crippen molar-refractivity contribution in [2.45, 2.75) is 53.0 Å². The third-order valence-corrected chi connectivity index (χ3v) is 4.73. The fourth-order valence-corrected chi connectivity index (χ4v) is 3.34. The van der Waals surface area contributed by atoms with Crippen molar-refractivity contribution < 1.29 is 14.4 Å². The molecule has 0 atom stereocenters. The zero-order valence-electron chi connectivity index (χ0n) is 20.3. The molecule has 0 fully saturated rings. The predicted molar refractivity (Wildman–Crippen MR) is 134 cm³/mol. The monoisotopic (exact) mass is 452 g/mol. The summed E-state index contributed by atoms with van der Waals surface area (Å²) in [4.78, 5) is 39.5. The van der Waals surface area contributed by atoms with Crippen molar-refractivity contribution in [1.29, 1.82) is 0 Å². The number of hydrogen-bond acceptors (Lipinski definition) is 4. The van der Waals surface area contributed by atoms with Crippen molar-refractivity contribution in [3.8, 4) is 0 Å². The Morgan fingerprint density at radius 3 is 2.03 bits per heavy atom. The van der Waals surface area contributed by atoms with E-state index in [0.717, 1.165) is 12.8 Å². The average Bonchev–Trinajstić information content (AvgIpc) is 2.76. The van der Waals surface area contributed by atoms with Crippen LogP contribution in [0.5, 0.6) is 0 Å². The fourth-order valence-electron chi connectivity index (χ4n) is 3.34. The molecule has 0 unspecified atom stereocenters. The molecule has 7 nitrogen and oxygen atoms in total. The van der Waals surface area contributed by atoms with Gasteiger partial charge in [-0.3, -0.25) is 14.4 Å². The summed E-state index contributed by atoms with van der Waals surface area (Å²) in [5.74, 6) is -0.446. The summed E-state index contributed by atoms with van der Waals surface area (Å²) in [5.41, 5.74) is 1.98. The maximum Gasteiger partial charge on any atom is 0.253 e. The number of benzene rings is 2. The summed E-state index contributed by atoms with van der Waals surface area (Å²) in [7, 11) is 0. The van der Waals surface area contributed by atoms with Gasteiger partial charge in [-0.15, -0.1) is 0 Å². The minimum atomic E-state index is -0.333. The lowest BCUT2D eigenvalue weighted by atomic mass is 10.1. The summed E-state index contributed by atoms with van der Waals surface area (Å²) in [6.07, 6.45) is 1.79. The molecule has 0 aliphatic carbocycles. The van der Waals surface area contributed by atoms with E-state index in [-0.39, 0.29) is 29.8 Å². The van der Waals surface area contributed by atoms with Crippen LogP contribution in [-0.4, -0.2) is 47.8 Å². The zero-order valence-corrected chi connectivity index (χ0v) is 20.3. The van der Waals surface area contributed by atoms with Gasteiger partial charge >= 0.3 is 0 Å². The molecular weight excluding hydrogens is 416 g/mol. The SMILES string of the molecule is CCCN(CCC)C(=O)c1cccc(NC(=O)CNc2cccc(C(=O)NC(C)(C)C)c2)c1. The van der Waals surface area contributed by atoms with Crippen LogP contribution in [0, 0.1) is 0 Å². The van der Waals surface area contributed by atoms with Gasteiger partial charge in [0.1, 0.15) is 0 Å². The number of carbonyl (C=O) groups is 3. The van der Waals surface area contributed by atoms with Crippen LogP contribution in [-0.2, 0) is 4.79 Å². The van der Waals surface area contributed by atoms with E-state index in [1.807, 2.05) is 39.5 Å². The Morgan fingerprint density at radius 2 is 1.42 bits per heavy atom. The van der Waals surface area contributed by atoms with Crippen molar-refractivity contribution in [2.75, 3.05) is 30.3 Å². The highest BCUT2D eigenvalue weighted by Crippen LogP contribution is 2.15. The number of nitrogens with zero attached hydrogens (tertiary/aromatic N) is 1. The maximum atomic E-state index is 12.8. The summed E-state index contributed by atoms with van der Waals surface area (Å²) < 4.78 is 0. The molecule has 3 N–H and O–H groups in total. The Labute approximate surface area is 196 Å². The topological polar surface area (TPSA) is 90.5 Å². The molecule has 2 aromatic carbocycles. The number of nitrogens with one attached hydrogen (secondary N) is 3. The van der Waals surface area contributed by atoms with E-state index in [0.29, 0.717) is 35.6 Å². The molecular formula is C26H36N4O3. The lowest BCUT2D eigenvalue weighted by Crippen LogP contribution is -2.40. The normalized spacial score (nSPS) is 10.9. The van der Waals surface area contributed by atoms with Gasteiger partial charge in [-0.2, -0.15) is 0 Å². The first kappa shape index (κ1) is 25.9. The third kappa shape index (κ3) is 8.60. The molecule has 2 rings (SSSR count). The molecule has 0 saturated carbocycles. The molecule has 33 heavy (non-hydrogen) atoms. The van der Waals surface area contributed by atoms with Gasteiger partial charge < -0.3 is 20.9 Å². The quantitative estimate of drug-likeness (QED) is 0.494. The molecule has 0 spiro atoms. The van der Waals surface area contributed by atoms with E-state index in [4.69, 9.17) is 0 Å². The van der Waals surface area contributed by atoms with Gasteiger partial charge in [0.05, 0.1) is 6.54 Å². The Hall–Kier alpha value is -3.35. The second-order valence-electron chi connectivity index (χ2n) is 9.06. The minimum Gasteiger partial charge on any atom is -0.376 e. The van der Waals surface area contributed by atoms with Crippen molar-refractivity contribution in [3.63, 3.8) is 0 Å². The smallest absolute Gasteiger partial charge is 0.253 e. The van der Waals surface area contributed by atoms with Crippen LogP contribution in [0.3, 0.4) is 0 Å². The fraction of sp³-hybridized carbons (Fsp3) is 0.423. The number of hydrogen-bond donors (Lipinski definition) is 3. The van der Waals surface area contributed by atoms with Crippen LogP contribution in [0.15, 0.2) is 48.5 Å². The number of carbonyl (C=O) groups excluding carboxylic acids is 3. The Kier molecular flexibility index (Phi) is 9.45. The van der Waals surface area contributed by atoms with Gasteiger partial charge in [0.25, 0.3) is 11.8 Å². The first-order valence-corrected chi connectivity index (χ1v) is 11.5. The first-order valence-electron chi connectivity index (χ1n) is 11.5. The van der Waals surface area contributed by atoms with Gasteiger partial charge in [-0.05, 0) is 70.0 Å². The molecule has 0 bridgehead atoms. The Balaban J connectivity index is 1.98.